The molecule has 0 aliphatic rings. The van der Waals surface area contributed by atoms with Gasteiger partial charge in [0.1, 0.15) is 0 Å². The molecule has 6 heteroatoms. The van der Waals surface area contributed by atoms with Crippen LogP contribution in [0.5, 0.6) is 0 Å². The highest BCUT2D eigenvalue weighted by molar-refractivity contribution is 6.06. The first kappa shape index (κ1) is 26.7. The fourth-order valence-electron chi connectivity index (χ4n) is 3.69. The second-order valence-electron chi connectivity index (χ2n) is 8.20. The Morgan fingerprint density at radius 1 is 0.677 bits per heavy atom. The van der Waals surface area contributed by atoms with Crippen LogP contribution in [0, 0.1) is 0 Å². The number of nitrogens with zero attached hydrogens (tertiary/aromatic N) is 1. The summed E-state index contributed by atoms with van der Waals surface area (Å²) in [5.74, 6) is -2.79. The van der Waals surface area contributed by atoms with Gasteiger partial charge in [0.15, 0.2) is 0 Å². The molecule has 174 valence electrons. The number of hydrogen-bond donors (Lipinski definition) is 2. The summed E-state index contributed by atoms with van der Waals surface area (Å²) in [7, 11) is 0. The normalized spacial score (nSPS) is 10.8. The SMILES string of the molecule is CCCCCCCCN(CCCCCCCC)C(=O)c1cc(C(=O)O)ccc1C(=O)O. The Labute approximate surface area is 186 Å². The monoisotopic (exact) mass is 433 g/mol. The first-order chi connectivity index (χ1) is 14.9. The van der Waals surface area contributed by atoms with Gasteiger partial charge in [-0.15, -0.1) is 0 Å². The predicted octanol–water partition coefficient (Wildman–Crippen LogP) is 6.25. The van der Waals surface area contributed by atoms with E-state index in [1.54, 1.807) is 4.90 Å². The lowest BCUT2D eigenvalue weighted by molar-refractivity contribution is 0.0667. The van der Waals surface area contributed by atoms with Crippen LogP contribution in [0.4, 0.5) is 0 Å². The van der Waals surface area contributed by atoms with E-state index in [1.165, 1.54) is 56.7 Å². The van der Waals surface area contributed by atoms with E-state index in [4.69, 9.17) is 0 Å². The smallest absolute Gasteiger partial charge is 0.336 e. The Bertz CT molecular complexity index is 685. The van der Waals surface area contributed by atoms with E-state index < -0.39 is 11.9 Å². The molecule has 2 N–H and O–H groups in total. The zero-order valence-corrected chi connectivity index (χ0v) is 19.2. The lowest BCUT2D eigenvalue weighted by Crippen LogP contribution is -2.34. The Kier molecular flexibility index (Phi) is 13.3. The third-order valence-electron chi connectivity index (χ3n) is 5.58. The van der Waals surface area contributed by atoms with Crippen LogP contribution in [0.1, 0.15) is 122 Å². The summed E-state index contributed by atoms with van der Waals surface area (Å²) >= 11 is 0. The molecule has 0 spiro atoms. The van der Waals surface area contributed by atoms with Gasteiger partial charge in [-0.05, 0) is 31.0 Å². The van der Waals surface area contributed by atoms with Crippen molar-refractivity contribution >= 4 is 17.8 Å². The molecule has 0 bridgehead atoms. The van der Waals surface area contributed by atoms with Crippen LogP contribution in [-0.2, 0) is 0 Å². The third kappa shape index (κ3) is 9.99. The number of carbonyl (C=O) groups is 3. The van der Waals surface area contributed by atoms with E-state index in [0.717, 1.165) is 38.5 Å². The molecule has 1 rings (SSSR count). The molecule has 0 saturated carbocycles. The van der Waals surface area contributed by atoms with Crippen molar-refractivity contribution in [3.63, 3.8) is 0 Å². The minimum Gasteiger partial charge on any atom is -0.478 e. The number of carboxylic acid groups (broad SMARTS) is 2. The topological polar surface area (TPSA) is 94.9 Å². The molecule has 0 heterocycles. The fourth-order valence-corrected chi connectivity index (χ4v) is 3.69. The number of amides is 1. The molecule has 0 saturated heterocycles. The van der Waals surface area contributed by atoms with Gasteiger partial charge in [-0.25, -0.2) is 9.59 Å². The van der Waals surface area contributed by atoms with Gasteiger partial charge in [0.2, 0.25) is 0 Å². The highest BCUT2D eigenvalue weighted by Gasteiger charge is 2.23. The highest BCUT2D eigenvalue weighted by atomic mass is 16.4. The van der Waals surface area contributed by atoms with Crippen molar-refractivity contribution in [2.75, 3.05) is 13.1 Å². The molecule has 0 aliphatic carbocycles. The van der Waals surface area contributed by atoms with E-state index in [0.29, 0.717) is 13.1 Å². The molecule has 1 amide bonds. The molecule has 0 radical (unpaired) electrons. The van der Waals surface area contributed by atoms with E-state index in [9.17, 15) is 24.6 Å². The van der Waals surface area contributed by atoms with Crippen molar-refractivity contribution in [3.05, 3.63) is 34.9 Å². The number of aromatic carboxylic acids is 2. The summed E-state index contributed by atoms with van der Waals surface area (Å²) < 4.78 is 0. The first-order valence-electron chi connectivity index (χ1n) is 11.8. The Balaban J connectivity index is 2.88. The summed E-state index contributed by atoms with van der Waals surface area (Å²) in [6.07, 6.45) is 13.2. The van der Waals surface area contributed by atoms with E-state index >= 15 is 0 Å². The second kappa shape index (κ2) is 15.4. The van der Waals surface area contributed by atoms with Crippen LogP contribution in [0.15, 0.2) is 18.2 Å². The molecule has 31 heavy (non-hydrogen) atoms. The lowest BCUT2D eigenvalue weighted by atomic mass is 10.0. The van der Waals surface area contributed by atoms with Gasteiger partial charge in [-0.3, -0.25) is 4.79 Å². The molecular formula is C25H39NO5. The largest absolute Gasteiger partial charge is 0.478 e. The summed E-state index contributed by atoms with van der Waals surface area (Å²) in [6.45, 7) is 5.48. The van der Waals surface area contributed by atoms with Crippen LogP contribution in [-0.4, -0.2) is 46.0 Å². The minimum absolute atomic E-state index is 0.0376. The van der Waals surface area contributed by atoms with E-state index in [2.05, 4.69) is 13.8 Å². The van der Waals surface area contributed by atoms with Gasteiger partial charge >= 0.3 is 11.9 Å². The molecule has 1 aromatic carbocycles. The minimum atomic E-state index is -1.22. The Hall–Kier alpha value is -2.37. The van der Waals surface area contributed by atoms with Crippen LogP contribution >= 0.6 is 0 Å². The number of unbranched alkanes of at least 4 members (excludes halogenated alkanes) is 10. The van der Waals surface area contributed by atoms with Crippen LogP contribution in [0.3, 0.4) is 0 Å². The van der Waals surface area contributed by atoms with Crippen molar-refractivity contribution in [1.29, 1.82) is 0 Å². The molecule has 0 unspecified atom stereocenters. The molecular weight excluding hydrogens is 394 g/mol. The summed E-state index contributed by atoms with van der Waals surface area (Å²) in [5.41, 5.74) is -0.261. The number of carboxylic acids is 2. The van der Waals surface area contributed by atoms with Gasteiger partial charge in [-0.2, -0.15) is 0 Å². The maximum atomic E-state index is 13.2. The average molecular weight is 434 g/mol. The van der Waals surface area contributed by atoms with Gasteiger partial charge in [0, 0.05) is 13.1 Å². The van der Waals surface area contributed by atoms with Crippen molar-refractivity contribution in [2.24, 2.45) is 0 Å². The number of benzene rings is 1. The van der Waals surface area contributed by atoms with Crippen molar-refractivity contribution in [2.45, 2.75) is 90.9 Å². The molecule has 0 fully saturated rings. The van der Waals surface area contributed by atoms with Gasteiger partial charge in [-0.1, -0.05) is 78.1 Å². The molecule has 1 aromatic rings. The number of rotatable bonds is 17. The van der Waals surface area contributed by atoms with Crippen molar-refractivity contribution < 1.29 is 24.6 Å². The molecule has 6 nitrogen and oxygen atoms in total. The van der Waals surface area contributed by atoms with Crippen LogP contribution in [0.2, 0.25) is 0 Å². The van der Waals surface area contributed by atoms with Gasteiger partial charge in [0.25, 0.3) is 5.91 Å². The van der Waals surface area contributed by atoms with E-state index in [1.807, 2.05) is 0 Å². The molecule has 0 aromatic heterocycles. The van der Waals surface area contributed by atoms with Crippen molar-refractivity contribution in [3.8, 4) is 0 Å². The average Bonchev–Trinajstić information content (AvgIpc) is 2.75. The maximum Gasteiger partial charge on any atom is 0.336 e. The maximum absolute atomic E-state index is 13.2. The molecule has 0 atom stereocenters. The molecule has 0 aliphatic heterocycles. The Morgan fingerprint density at radius 2 is 1.16 bits per heavy atom. The van der Waals surface area contributed by atoms with E-state index in [-0.39, 0.29) is 22.6 Å². The van der Waals surface area contributed by atoms with Gasteiger partial charge in [0.05, 0.1) is 16.7 Å². The van der Waals surface area contributed by atoms with Gasteiger partial charge < -0.3 is 15.1 Å². The summed E-state index contributed by atoms with van der Waals surface area (Å²) in [6, 6.07) is 3.64. The Morgan fingerprint density at radius 3 is 1.61 bits per heavy atom. The zero-order chi connectivity index (χ0) is 23.1. The number of hydrogen-bond acceptors (Lipinski definition) is 3. The second-order valence-corrected chi connectivity index (χ2v) is 8.20. The standard InChI is InChI=1S/C25H39NO5/c1-3-5-7-9-11-13-17-26(18-14-12-10-8-6-4-2)23(27)22-19-20(24(28)29)15-16-21(22)25(30)31/h15-16,19H,3-14,17-18H2,1-2H3,(H,28,29)(H,30,31). The van der Waals surface area contributed by atoms with Crippen molar-refractivity contribution in [1.82, 2.24) is 4.90 Å². The first-order valence-corrected chi connectivity index (χ1v) is 11.8. The number of carbonyl (C=O) groups excluding carboxylic acids is 1. The third-order valence-corrected chi connectivity index (χ3v) is 5.58. The highest BCUT2D eigenvalue weighted by Crippen LogP contribution is 2.18. The van der Waals surface area contributed by atoms with Crippen LogP contribution in [0.25, 0.3) is 0 Å². The zero-order valence-electron chi connectivity index (χ0n) is 19.2. The summed E-state index contributed by atoms with van der Waals surface area (Å²) in [5, 5.41) is 18.8. The lowest BCUT2D eigenvalue weighted by Gasteiger charge is -2.24. The quantitative estimate of drug-likeness (QED) is 0.283. The summed E-state index contributed by atoms with van der Waals surface area (Å²) in [4.78, 5) is 37.9. The predicted molar refractivity (Wildman–Crippen MR) is 123 cm³/mol. The fraction of sp³-hybridized carbons (Fsp3) is 0.640. The van der Waals surface area contributed by atoms with Crippen LogP contribution < -0.4 is 0 Å².